The van der Waals surface area contributed by atoms with E-state index in [2.05, 4.69) is 26.5 Å². The molecule has 4 N–H and O–H groups in total. The van der Waals surface area contributed by atoms with Crippen molar-refractivity contribution < 1.29 is 19.2 Å². The lowest BCUT2D eigenvalue weighted by atomic mass is 9.99. The van der Waals surface area contributed by atoms with Crippen LogP contribution in [0.2, 0.25) is 0 Å². The summed E-state index contributed by atoms with van der Waals surface area (Å²) < 4.78 is 0. The van der Waals surface area contributed by atoms with Gasteiger partial charge in [0.1, 0.15) is 5.37 Å². The number of hydrogen-bond donors (Lipinski definition) is 2. The second-order valence-corrected chi connectivity index (χ2v) is 7.36. The molecule has 0 aromatic carbocycles. The van der Waals surface area contributed by atoms with Crippen LogP contribution in [0.1, 0.15) is 67.7 Å². The van der Waals surface area contributed by atoms with Crippen molar-refractivity contribution in [1.82, 2.24) is 4.90 Å². The SMILES string of the molecule is CC.CC(=O)C(N)=O.CC(=O)N1CCSC1C=O.CCCC(C)CC(C)N. The Morgan fingerprint density at radius 2 is 1.70 bits per heavy atom. The number of ketones is 1. The molecule has 27 heavy (non-hydrogen) atoms. The molecule has 0 bridgehead atoms. The molecule has 1 fully saturated rings. The van der Waals surface area contributed by atoms with Gasteiger partial charge in [0.15, 0.2) is 6.29 Å². The zero-order valence-corrected chi connectivity index (χ0v) is 18.8. The van der Waals surface area contributed by atoms with Gasteiger partial charge in [0.25, 0.3) is 5.91 Å². The topological polar surface area (TPSA) is 124 Å². The van der Waals surface area contributed by atoms with E-state index in [9.17, 15) is 19.2 Å². The molecule has 1 rings (SSSR count). The van der Waals surface area contributed by atoms with Crippen LogP contribution in [0.4, 0.5) is 0 Å². The highest BCUT2D eigenvalue weighted by Gasteiger charge is 2.25. The van der Waals surface area contributed by atoms with Crippen LogP contribution in [-0.4, -0.2) is 52.5 Å². The fraction of sp³-hybridized carbons (Fsp3) is 0.789. The third-order valence-electron chi connectivity index (χ3n) is 3.35. The van der Waals surface area contributed by atoms with Gasteiger partial charge < -0.3 is 21.2 Å². The summed E-state index contributed by atoms with van der Waals surface area (Å²) in [6.07, 6.45) is 4.60. The summed E-state index contributed by atoms with van der Waals surface area (Å²) in [4.78, 5) is 41.9. The average molecular weight is 406 g/mol. The number of thioether (sulfide) groups is 1. The molecule has 1 aliphatic heterocycles. The van der Waals surface area contributed by atoms with Crippen molar-refractivity contribution in [3.05, 3.63) is 0 Å². The third-order valence-corrected chi connectivity index (χ3v) is 4.48. The van der Waals surface area contributed by atoms with Crippen molar-refractivity contribution >= 4 is 35.6 Å². The molecule has 3 atom stereocenters. The maximum atomic E-state index is 10.8. The molecule has 7 nitrogen and oxygen atoms in total. The van der Waals surface area contributed by atoms with Crippen LogP contribution in [-0.2, 0) is 19.2 Å². The van der Waals surface area contributed by atoms with Crippen LogP contribution >= 0.6 is 11.8 Å². The first kappa shape index (κ1) is 30.3. The smallest absolute Gasteiger partial charge is 0.284 e. The van der Waals surface area contributed by atoms with Gasteiger partial charge in [0.05, 0.1) is 0 Å². The van der Waals surface area contributed by atoms with Gasteiger partial charge in [-0.15, -0.1) is 11.8 Å². The number of carbonyl (C=O) groups is 4. The Hall–Kier alpha value is -1.41. The summed E-state index contributed by atoms with van der Waals surface area (Å²) in [7, 11) is 0. The first-order chi connectivity index (χ1) is 12.6. The summed E-state index contributed by atoms with van der Waals surface area (Å²) in [6, 6.07) is 0.381. The van der Waals surface area contributed by atoms with Gasteiger partial charge in [-0.3, -0.25) is 14.4 Å². The molecule has 0 aliphatic carbocycles. The summed E-state index contributed by atoms with van der Waals surface area (Å²) >= 11 is 1.52. The van der Waals surface area contributed by atoms with Crippen molar-refractivity contribution in [2.45, 2.75) is 79.1 Å². The third kappa shape index (κ3) is 19.2. The van der Waals surface area contributed by atoms with Gasteiger partial charge in [0, 0.05) is 32.2 Å². The quantitative estimate of drug-likeness (QED) is 0.516. The Morgan fingerprint density at radius 1 is 1.22 bits per heavy atom. The van der Waals surface area contributed by atoms with E-state index >= 15 is 0 Å². The largest absolute Gasteiger partial charge is 0.363 e. The van der Waals surface area contributed by atoms with E-state index in [-0.39, 0.29) is 11.3 Å². The normalized spacial score (nSPS) is 16.9. The molecule has 0 radical (unpaired) electrons. The summed E-state index contributed by atoms with van der Waals surface area (Å²) in [5.41, 5.74) is 10.1. The number of primary amides is 1. The van der Waals surface area contributed by atoms with Crippen LogP contribution in [0, 0.1) is 5.92 Å². The van der Waals surface area contributed by atoms with E-state index in [1.54, 1.807) is 4.90 Å². The second kappa shape index (κ2) is 19.4. The Balaban J connectivity index is -0.000000315. The second-order valence-electron chi connectivity index (χ2n) is 6.14. The van der Waals surface area contributed by atoms with Crippen molar-refractivity contribution in [2.24, 2.45) is 17.4 Å². The number of aldehydes is 1. The molecule has 160 valence electrons. The summed E-state index contributed by atoms with van der Waals surface area (Å²) in [5, 5.41) is -0.225. The van der Waals surface area contributed by atoms with Gasteiger partial charge in [-0.25, -0.2) is 0 Å². The minimum absolute atomic E-state index is 0.0119. The molecule has 1 saturated heterocycles. The minimum Gasteiger partial charge on any atom is -0.363 e. The molecule has 8 heteroatoms. The molecule has 0 saturated carbocycles. The van der Waals surface area contributed by atoms with Crippen molar-refractivity contribution in [3.63, 3.8) is 0 Å². The van der Waals surface area contributed by atoms with E-state index in [0.717, 1.165) is 24.9 Å². The van der Waals surface area contributed by atoms with Gasteiger partial charge in [-0.2, -0.15) is 0 Å². The van der Waals surface area contributed by atoms with E-state index in [1.807, 2.05) is 13.8 Å². The van der Waals surface area contributed by atoms with E-state index in [4.69, 9.17) is 5.73 Å². The van der Waals surface area contributed by atoms with Crippen molar-refractivity contribution in [1.29, 1.82) is 0 Å². The Bertz CT molecular complexity index is 419. The minimum atomic E-state index is -0.880. The number of carbonyl (C=O) groups excluding carboxylic acids is 4. The molecule has 1 heterocycles. The predicted molar refractivity (Wildman–Crippen MR) is 113 cm³/mol. The van der Waals surface area contributed by atoms with Gasteiger partial charge in [0.2, 0.25) is 11.7 Å². The fourth-order valence-corrected chi connectivity index (χ4v) is 3.24. The van der Waals surface area contributed by atoms with E-state index in [0.29, 0.717) is 12.6 Å². The van der Waals surface area contributed by atoms with Crippen LogP contribution in [0.5, 0.6) is 0 Å². The molecule has 0 aromatic rings. The monoisotopic (exact) mass is 405 g/mol. The molecule has 0 aromatic heterocycles. The number of Topliss-reactive ketones (excluding diaryl/α,β-unsaturated/α-hetero) is 1. The maximum absolute atomic E-state index is 10.8. The standard InChI is InChI=1S/C8H19N.C6H9NO2S.C3H5NO2.C2H6/c1-4-5-7(2)6-8(3)9;1-5(9)7-2-3-10-6(7)4-8;1-2(5)3(4)6;1-2/h7-8H,4-6,9H2,1-3H3;4,6H,2-3H2,1H3;1H3,(H2,4,6);1-2H3. The zero-order chi connectivity index (χ0) is 22.0. The summed E-state index contributed by atoms with van der Waals surface area (Å²) in [6.45, 7) is 13.9. The highest BCUT2D eigenvalue weighted by molar-refractivity contribution is 8.00. The Kier molecular flexibility index (Phi) is 21.7. The predicted octanol–water partition coefficient (Wildman–Crippen LogP) is 2.35. The van der Waals surface area contributed by atoms with Gasteiger partial charge in [-0.05, 0) is 19.3 Å². The maximum Gasteiger partial charge on any atom is 0.284 e. The number of amides is 2. The van der Waals surface area contributed by atoms with Crippen LogP contribution in [0.3, 0.4) is 0 Å². The van der Waals surface area contributed by atoms with Crippen LogP contribution < -0.4 is 11.5 Å². The molecule has 0 spiro atoms. The number of nitrogens with two attached hydrogens (primary N) is 2. The highest BCUT2D eigenvalue weighted by atomic mass is 32.2. The number of hydrogen-bond acceptors (Lipinski definition) is 6. The lowest BCUT2D eigenvalue weighted by Gasteiger charge is -2.16. The number of nitrogens with zero attached hydrogens (tertiary/aromatic N) is 1. The molecular weight excluding hydrogens is 366 g/mol. The molecule has 1 aliphatic rings. The highest BCUT2D eigenvalue weighted by Crippen LogP contribution is 2.21. The van der Waals surface area contributed by atoms with Crippen molar-refractivity contribution in [2.75, 3.05) is 12.3 Å². The average Bonchev–Trinajstić information content (AvgIpc) is 3.06. The molecule has 2 amide bonds. The van der Waals surface area contributed by atoms with Crippen LogP contribution in [0.15, 0.2) is 0 Å². The lowest BCUT2D eigenvalue weighted by Crippen LogP contribution is -2.33. The zero-order valence-electron chi connectivity index (χ0n) is 18.0. The fourth-order valence-electron chi connectivity index (χ4n) is 2.18. The van der Waals surface area contributed by atoms with Gasteiger partial charge in [-0.1, -0.05) is 40.5 Å². The summed E-state index contributed by atoms with van der Waals surface area (Å²) in [5.74, 6) is 0.199. The Labute approximate surface area is 169 Å². The molecule has 3 unspecified atom stereocenters. The van der Waals surface area contributed by atoms with E-state index in [1.165, 1.54) is 37.9 Å². The van der Waals surface area contributed by atoms with Crippen LogP contribution in [0.25, 0.3) is 0 Å². The number of rotatable bonds is 6. The first-order valence-electron chi connectivity index (χ1n) is 9.46. The van der Waals surface area contributed by atoms with E-state index < -0.39 is 11.7 Å². The van der Waals surface area contributed by atoms with Gasteiger partial charge >= 0.3 is 0 Å². The lowest BCUT2D eigenvalue weighted by molar-refractivity contribution is -0.134. The first-order valence-corrected chi connectivity index (χ1v) is 10.5. The Morgan fingerprint density at radius 3 is 1.96 bits per heavy atom. The van der Waals surface area contributed by atoms with Crippen molar-refractivity contribution in [3.8, 4) is 0 Å². The molecular formula is C19H39N3O4S.